The van der Waals surface area contributed by atoms with Gasteiger partial charge in [0.05, 0.1) is 11.9 Å². The lowest BCUT2D eigenvalue weighted by molar-refractivity contribution is 0.372. The molecule has 1 rings (SSSR count). The fraction of sp³-hybridized carbons (Fsp3) is 0.400. The first kappa shape index (κ1) is 9.67. The standard InChI is InChI=1S/C5H9N2O3PS/c1-3-4(2-11(8,9)10)12-5(6)7-3/h2H2,1H3,(H2,6,7)(H2,8,9,10). The van der Waals surface area contributed by atoms with Crippen LogP contribution >= 0.6 is 18.9 Å². The average molecular weight is 208 g/mol. The van der Waals surface area contributed by atoms with Crippen LogP contribution in [0.1, 0.15) is 10.6 Å². The maximum Gasteiger partial charge on any atom is 0.330 e. The van der Waals surface area contributed by atoms with Crippen LogP contribution in [0.2, 0.25) is 0 Å². The van der Waals surface area contributed by atoms with Gasteiger partial charge in [0.25, 0.3) is 0 Å². The Morgan fingerprint density at radius 2 is 2.25 bits per heavy atom. The first-order valence-corrected chi connectivity index (χ1v) is 5.76. The number of hydrogen-bond acceptors (Lipinski definition) is 4. The molecule has 0 saturated heterocycles. The van der Waals surface area contributed by atoms with Crippen molar-refractivity contribution < 1.29 is 14.4 Å². The van der Waals surface area contributed by atoms with E-state index in [2.05, 4.69) is 4.98 Å². The summed E-state index contributed by atoms with van der Waals surface area (Å²) in [6.07, 6.45) is -0.270. The van der Waals surface area contributed by atoms with Crippen LogP contribution in [0, 0.1) is 6.92 Å². The highest BCUT2D eigenvalue weighted by molar-refractivity contribution is 7.51. The number of nitrogens with zero attached hydrogens (tertiary/aromatic N) is 1. The number of aromatic nitrogens is 1. The van der Waals surface area contributed by atoms with Crippen molar-refractivity contribution >= 4 is 24.1 Å². The van der Waals surface area contributed by atoms with E-state index in [0.717, 1.165) is 11.3 Å². The molecule has 7 heteroatoms. The average Bonchev–Trinajstić information content (AvgIpc) is 2.06. The van der Waals surface area contributed by atoms with E-state index in [9.17, 15) is 4.57 Å². The molecule has 68 valence electrons. The van der Waals surface area contributed by atoms with Crippen LogP contribution in [0.4, 0.5) is 5.13 Å². The molecule has 0 radical (unpaired) electrons. The molecule has 0 unspecified atom stereocenters. The summed E-state index contributed by atoms with van der Waals surface area (Å²) < 4.78 is 10.6. The molecule has 0 saturated carbocycles. The summed E-state index contributed by atoms with van der Waals surface area (Å²) in [5, 5.41) is 0.343. The van der Waals surface area contributed by atoms with Crippen molar-refractivity contribution in [1.82, 2.24) is 4.98 Å². The second-order valence-corrected chi connectivity index (χ2v) is 5.14. The fourth-order valence-corrected chi connectivity index (χ4v) is 2.78. The third kappa shape index (κ3) is 2.57. The molecule has 1 aromatic heterocycles. The lowest BCUT2D eigenvalue weighted by Crippen LogP contribution is -1.86. The predicted octanol–water partition coefficient (Wildman–Crippen LogP) is 0.711. The minimum absolute atomic E-state index is 0.270. The zero-order valence-corrected chi connectivity index (χ0v) is 8.10. The quantitative estimate of drug-likeness (QED) is 0.622. The molecule has 4 N–H and O–H groups in total. The van der Waals surface area contributed by atoms with E-state index in [1.165, 1.54) is 0 Å². The van der Waals surface area contributed by atoms with Gasteiger partial charge in [0, 0.05) is 4.88 Å². The van der Waals surface area contributed by atoms with Crippen LogP contribution in [0.3, 0.4) is 0 Å². The second kappa shape index (κ2) is 3.14. The summed E-state index contributed by atoms with van der Waals surface area (Å²) >= 11 is 1.12. The van der Waals surface area contributed by atoms with Gasteiger partial charge in [-0.3, -0.25) is 4.57 Å². The zero-order chi connectivity index (χ0) is 9.35. The second-order valence-electron chi connectivity index (χ2n) is 2.38. The number of thiazole rings is 1. The number of aryl methyl sites for hydroxylation is 1. The molecule has 0 spiro atoms. The Morgan fingerprint density at radius 3 is 2.58 bits per heavy atom. The zero-order valence-electron chi connectivity index (χ0n) is 6.39. The highest BCUT2D eigenvalue weighted by Gasteiger charge is 2.18. The van der Waals surface area contributed by atoms with Crippen molar-refractivity contribution in [1.29, 1.82) is 0 Å². The Kier molecular flexibility index (Phi) is 2.53. The van der Waals surface area contributed by atoms with Gasteiger partial charge in [-0.05, 0) is 6.92 Å². The summed E-state index contributed by atoms with van der Waals surface area (Å²) in [5.41, 5.74) is 5.95. The van der Waals surface area contributed by atoms with Gasteiger partial charge in [-0.1, -0.05) is 0 Å². The van der Waals surface area contributed by atoms with Crippen LogP contribution in [-0.2, 0) is 10.7 Å². The molecule has 1 heterocycles. The fourth-order valence-electron chi connectivity index (χ4n) is 0.784. The van der Waals surface area contributed by atoms with E-state index < -0.39 is 7.60 Å². The molecular weight excluding hydrogens is 199 g/mol. The molecule has 5 nitrogen and oxygen atoms in total. The van der Waals surface area contributed by atoms with Crippen LogP contribution < -0.4 is 5.73 Å². The van der Waals surface area contributed by atoms with Gasteiger partial charge in [0.2, 0.25) is 0 Å². The molecular formula is C5H9N2O3PS. The maximum absolute atomic E-state index is 10.6. The molecule has 0 atom stereocenters. The normalized spacial score (nSPS) is 11.9. The third-order valence-corrected chi connectivity index (χ3v) is 3.19. The Bertz CT molecular complexity index is 331. The van der Waals surface area contributed by atoms with Gasteiger partial charge < -0.3 is 15.5 Å². The minimum Gasteiger partial charge on any atom is -0.375 e. The summed E-state index contributed by atoms with van der Waals surface area (Å²) in [5.74, 6) is 0. The van der Waals surface area contributed by atoms with Crippen molar-refractivity contribution in [2.45, 2.75) is 13.1 Å². The van der Waals surface area contributed by atoms with Crippen molar-refractivity contribution in [3.63, 3.8) is 0 Å². The molecule has 0 aliphatic carbocycles. The van der Waals surface area contributed by atoms with Gasteiger partial charge in [-0.15, -0.1) is 11.3 Å². The van der Waals surface area contributed by atoms with Crippen molar-refractivity contribution in [2.75, 3.05) is 5.73 Å². The Hall–Kier alpha value is -0.420. The summed E-state index contributed by atoms with van der Waals surface area (Å²) in [6.45, 7) is 1.68. The molecule has 1 aromatic rings. The molecule has 0 aliphatic rings. The number of nitrogens with two attached hydrogens (primary N) is 1. The minimum atomic E-state index is -3.99. The predicted molar refractivity (Wildman–Crippen MR) is 47.0 cm³/mol. The monoisotopic (exact) mass is 208 g/mol. The van der Waals surface area contributed by atoms with Gasteiger partial charge in [0.15, 0.2) is 5.13 Å². The highest BCUT2D eigenvalue weighted by Crippen LogP contribution is 2.41. The van der Waals surface area contributed by atoms with E-state index in [-0.39, 0.29) is 6.16 Å². The lowest BCUT2D eigenvalue weighted by Gasteiger charge is -2.00. The number of hydrogen-bond donors (Lipinski definition) is 3. The molecule has 0 fully saturated rings. The summed E-state index contributed by atoms with van der Waals surface area (Å²) in [6, 6.07) is 0. The number of anilines is 1. The molecule has 0 aromatic carbocycles. The van der Waals surface area contributed by atoms with E-state index in [1.807, 2.05) is 0 Å². The van der Waals surface area contributed by atoms with Crippen LogP contribution in [0.5, 0.6) is 0 Å². The first-order valence-electron chi connectivity index (χ1n) is 3.15. The lowest BCUT2D eigenvalue weighted by atomic mass is 10.4. The SMILES string of the molecule is Cc1nc(N)sc1CP(=O)(O)O. The van der Waals surface area contributed by atoms with Gasteiger partial charge in [-0.2, -0.15) is 0 Å². The van der Waals surface area contributed by atoms with Crippen molar-refractivity contribution in [3.8, 4) is 0 Å². The summed E-state index contributed by atoms with van der Waals surface area (Å²) in [4.78, 5) is 21.7. The van der Waals surface area contributed by atoms with E-state index in [4.69, 9.17) is 15.5 Å². The maximum atomic E-state index is 10.6. The molecule has 0 bridgehead atoms. The Morgan fingerprint density at radius 1 is 1.67 bits per heavy atom. The Labute approximate surface area is 73.4 Å². The number of rotatable bonds is 2. The topological polar surface area (TPSA) is 96.4 Å². The van der Waals surface area contributed by atoms with Gasteiger partial charge in [0.1, 0.15) is 0 Å². The van der Waals surface area contributed by atoms with Gasteiger partial charge in [-0.25, -0.2) is 4.98 Å². The van der Waals surface area contributed by atoms with Crippen LogP contribution in [-0.4, -0.2) is 14.8 Å². The summed E-state index contributed by atoms with van der Waals surface area (Å²) in [7, 11) is -3.99. The van der Waals surface area contributed by atoms with Gasteiger partial charge >= 0.3 is 7.60 Å². The number of nitrogen functional groups attached to an aromatic ring is 1. The van der Waals surface area contributed by atoms with Crippen molar-refractivity contribution in [3.05, 3.63) is 10.6 Å². The molecule has 12 heavy (non-hydrogen) atoms. The van der Waals surface area contributed by atoms with Crippen LogP contribution in [0.25, 0.3) is 0 Å². The largest absolute Gasteiger partial charge is 0.375 e. The highest BCUT2D eigenvalue weighted by atomic mass is 32.1. The smallest absolute Gasteiger partial charge is 0.330 e. The van der Waals surface area contributed by atoms with E-state index in [1.54, 1.807) is 6.92 Å². The molecule has 0 aliphatic heterocycles. The van der Waals surface area contributed by atoms with Crippen molar-refractivity contribution in [2.24, 2.45) is 0 Å². The molecule has 0 amide bonds. The Balaban J connectivity index is 2.90. The van der Waals surface area contributed by atoms with Crippen LogP contribution in [0.15, 0.2) is 0 Å². The van der Waals surface area contributed by atoms with E-state index in [0.29, 0.717) is 15.7 Å². The third-order valence-electron chi connectivity index (χ3n) is 1.26. The van der Waals surface area contributed by atoms with E-state index >= 15 is 0 Å². The first-order chi connectivity index (χ1) is 5.38.